The van der Waals surface area contributed by atoms with Crippen LogP contribution in [0.3, 0.4) is 0 Å². The molecular formula is C18H20N4O3. The van der Waals surface area contributed by atoms with Gasteiger partial charge in [-0.2, -0.15) is 0 Å². The highest BCUT2D eigenvalue weighted by Crippen LogP contribution is 2.29. The Morgan fingerprint density at radius 2 is 1.96 bits per heavy atom. The van der Waals surface area contributed by atoms with Crippen molar-refractivity contribution in [2.45, 2.75) is 18.6 Å². The second kappa shape index (κ2) is 6.58. The first kappa shape index (κ1) is 15.7. The molecule has 0 aliphatic carbocycles. The van der Waals surface area contributed by atoms with Crippen molar-refractivity contribution in [1.82, 2.24) is 14.9 Å². The maximum absolute atomic E-state index is 12.2. The van der Waals surface area contributed by atoms with Gasteiger partial charge in [0.1, 0.15) is 11.9 Å². The molecule has 1 aromatic heterocycles. The summed E-state index contributed by atoms with van der Waals surface area (Å²) in [5.74, 6) is 1.52. The molecule has 2 atom stereocenters. The van der Waals surface area contributed by atoms with Gasteiger partial charge in [0, 0.05) is 25.5 Å². The van der Waals surface area contributed by atoms with E-state index in [0.717, 1.165) is 12.2 Å². The number of anilines is 1. The summed E-state index contributed by atoms with van der Waals surface area (Å²) in [4.78, 5) is 24.7. The van der Waals surface area contributed by atoms with Gasteiger partial charge in [0.05, 0.1) is 19.7 Å². The number of carbonyl (C=O) groups is 1. The summed E-state index contributed by atoms with van der Waals surface area (Å²) in [6, 6.07) is 9.76. The predicted octanol–water partition coefficient (Wildman–Crippen LogP) is 1.74. The SMILES string of the molecule is COc1ccc(CCN2C(=O)O[C@@H]3CN(c4ncccn4)C[C@@H]32)cc1. The van der Waals surface area contributed by atoms with E-state index in [1.165, 1.54) is 5.56 Å². The minimum Gasteiger partial charge on any atom is -0.497 e. The van der Waals surface area contributed by atoms with Gasteiger partial charge in [-0.25, -0.2) is 14.8 Å². The molecule has 2 saturated heterocycles. The van der Waals surface area contributed by atoms with Crippen molar-refractivity contribution in [3.8, 4) is 5.75 Å². The lowest BCUT2D eigenvalue weighted by Crippen LogP contribution is -2.39. The van der Waals surface area contributed by atoms with E-state index < -0.39 is 0 Å². The summed E-state index contributed by atoms with van der Waals surface area (Å²) in [6.07, 6.45) is 3.89. The quantitative estimate of drug-likeness (QED) is 0.826. The Kier molecular flexibility index (Phi) is 4.13. The molecule has 0 spiro atoms. The van der Waals surface area contributed by atoms with Crippen LogP contribution in [0.1, 0.15) is 5.56 Å². The van der Waals surface area contributed by atoms with E-state index in [1.807, 2.05) is 29.2 Å². The van der Waals surface area contributed by atoms with E-state index in [-0.39, 0.29) is 18.2 Å². The zero-order chi connectivity index (χ0) is 17.2. The highest BCUT2D eigenvalue weighted by molar-refractivity contribution is 5.71. The third-order valence-corrected chi connectivity index (χ3v) is 4.76. The summed E-state index contributed by atoms with van der Waals surface area (Å²) in [5.41, 5.74) is 1.17. The third-order valence-electron chi connectivity index (χ3n) is 4.76. The van der Waals surface area contributed by atoms with Crippen molar-refractivity contribution in [1.29, 1.82) is 0 Å². The molecule has 0 bridgehead atoms. The van der Waals surface area contributed by atoms with Gasteiger partial charge in [-0.15, -0.1) is 0 Å². The molecule has 0 radical (unpaired) electrons. The maximum atomic E-state index is 12.2. The molecular weight excluding hydrogens is 320 g/mol. The van der Waals surface area contributed by atoms with Crippen LogP contribution in [0, 0.1) is 0 Å². The first-order valence-corrected chi connectivity index (χ1v) is 8.37. The topological polar surface area (TPSA) is 67.8 Å². The molecule has 7 heteroatoms. The average molecular weight is 340 g/mol. The molecule has 0 saturated carbocycles. The van der Waals surface area contributed by atoms with Gasteiger partial charge in [-0.05, 0) is 30.2 Å². The minimum absolute atomic E-state index is 0.0505. The number of carbonyl (C=O) groups excluding carboxylic acids is 1. The van der Waals surface area contributed by atoms with E-state index in [1.54, 1.807) is 25.6 Å². The van der Waals surface area contributed by atoms with Crippen LogP contribution in [0.4, 0.5) is 10.7 Å². The summed E-state index contributed by atoms with van der Waals surface area (Å²) in [7, 11) is 1.65. The number of rotatable bonds is 5. The molecule has 25 heavy (non-hydrogen) atoms. The van der Waals surface area contributed by atoms with Gasteiger partial charge in [0.2, 0.25) is 5.95 Å². The zero-order valence-corrected chi connectivity index (χ0v) is 14.0. The highest BCUT2D eigenvalue weighted by atomic mass is 16.6. The average Bonchev–Trinajstić information content (AvgIpc) is 3.18. The van der Waals surface area contributed by atoms with Gasteiger partial charge in [-0.3, -0.25) is 4.90 Å². The number of hydrogen-bond acceptors (Lipinski definition) is 6. The van der Waals surface area contributed by atoms with Crippen LogP contribution >= 0.6 is 0 Å². The van der Waals surface area contributed by atoms with Gasteiger partial charge in [-0.1, -0.05) is 12.1 Å². The summed E-state index contributed by atoms with van der Waals surface area (Å²) in [6.45, 7) is 1.97. The molecule has 1 aromatic carbocycles. The first-order valence-electron chi connectivity index (χ1n) is 8.37. The summed E-state index contributed by atoms with van der Waals surface area (Å²) in [5, 5.41) is 0. The Bertz CT molecular complexity index is 738. The van der Waals surface area contributed by atoms with Gasteiger partial charge >= 0.3 is 6.09 Å². The first-order chi connectivity index (χ1) is 12.2. The molecule has 2 aromatic rings. The number of methoxy groups -OCH3 is 1. The number of benzene rings is 1. The van der Waals surface area contributed by atoms with Crippen LogP contribution < -0.4 is 9.64 Å². The zero-order valence-electron chi connectivity index (χ0n) is 14.0. The molecule has 3 heterocycles. The van der Waals surface area contributed by atoms with Gasteiger partial charge in [0.25, 0.3) is 0 Å². The minimum atomic E-state index is -0.225. The number of aromatic nitrogens is 2. The standard InChI is InChI=1S/C18H20N4O3/c1-24-14-5-3-13(4-6-14)7-10-22-15-11-21(12-16(15)25-18(22)23)17-19-8-2-9-20-17/h2-6,8-9,15-16H,7,10-12H2,1H3/t15-,16+/m0/s1. The number of hydrogen-bond donors (Lipinski definition) is 0. The number of ether oxygens (including phenoxy) is 2. The predicted molar refractivity (Wildman–Crippen MR) is 91.7 cm³/mol. The molecule has 2 fully saturated rings. The van der Waals surface area contributed by atoms with E-state index in [4.69, 9.17) is 9.47 Å². The molecule has 7 nitrogen and oxygen atoms in total. The maximum Gasteiger partial charge on any atom is 0.410 e. The van der Waals surface area contributed by atoms with Crippen LogP contribution in [-0.4, -0.2) is 59.9 Å². The number of fused-ring (bicyclic) bond motifs is 1. The van der Waals surface area contributed by atoms with Crippen molar-refractivity contribution in [3.63, 3.8) is 0 Å². The van der Waals surface area contributed by atoms with Gasteiger partial charge in [0.15, 0.2) is 0 Å². The van der Waals surface area contributed by atoms with Crippen LogP contribution in [0.15, 0.2) is 42.7 Å². The lowest BCUT2D eigenvalue weighted by Gasteiger charge is -2.22. The van der Waals surface area contributed by atoms with Crippen molar-refractivity contribution < 1.29 is 14.3 Å². The largest absolute Gasteiger partial charge is 0.497 e. The van der Waals surface area contributed by atoms with E-state index in [0.29, 0.717) is 25.6 Å². The highest BCUT2D eigenvalue weighted by Gasteiger charge is 2.47. The molecule has 0 N–H and O–H groups in total. The molecule has 4 rings (SSSR count). The Morgan fingerprint density at radius 1 is 1.20 bits per heavy atom. The van der Waals surface area contributed by atoms with E-state index in [9.17, 15) is 4.79 Å². The normalized spacial score (nSPS) is 22.0. The fourth-order valence-corrected chi connectivity index (χ4v) is 3.42. The van der Waals surface area contributed by atoms with Crippen molar-refractivity contribution in [2.75, 3.05) is 31.6 Å². The molecule has 2 aliphatic heterocycles. The van der Waals surface area contributed by atoms with Gasteiger partial charge < -0.3 is 14.4 Å². The number of amides is 1. The monoisotopic (exact) mass is 340 g/mol. The lowest BCUT2D eigenvalue weighted by atomic mass is 10.1. The fourth-order valence-electron chi connectivity index (χ4n) is 3.42. The lowest BCUT2D eigenvalue weighted by molar-refractivity contribution is 0.136. The van der Waals surface area contributed by atoms with E-state index in [2.05, 4.69) is 14.9 Å². The second-order valence-corrected chi connectivity index (χ2v) is 6.23. The van der Waals surface area contributed by atoms with E-state index >= 15 is 0 Å². The smallest absolute Gasteiger partial charge is 0.410 e. The van der Waals surface area contributed by atoms with Crippen molar-refractivity contribution in [3.05, 3.63) is 48.3 Å². The third kappa shape index (κ3) is 3.09. The van der Waals surface area contributed by atoms with Crippen LogP contribution in [0.2, 0.25) is 0 Å². The second-order valence-electron chi connectivity index (χ2n) is 6.23. The Morgan fingerprint density at radius 3 is 2.68 bits per heavy atom. The Labute approximate surface area is 146 Å². The fraction of sp³-hybridized carbons (Fsp3) is 0.389. The number of nitrogens with zero attached hydrogens (tertiary/aromatic N) is 4. The van der Waals surface area contributed by atoms with Crippen LogP contribution in [-0.2, 0) is 11.2 Å². The molecule has 2 aliphatic rings. The summed E-state index contributed by atoms with van der Waals surface area (Å²) >= 11 is 0. The Hall–Kier alpha value is -2.83. The van der Waals surface area contributed by atoms with Crippen LogP contribution in [0.25, 0.3) is 0 Å². The van der Waals surface area contributed by atoms with Crippen LogP contribution in [0.5, 0.6) is 5.75 Å². The Balaban J connectivity index is 1.40. The molecule has 0 unspecified atom stereocenters. The van der Waals surface area contributed by atoms with Crippen molar-refractivity contribution in [2.24, 2.45) is 0 Å². The molecule has 1 amide bonds. The summed E-state index contributed by atoms with van der Waals surface area (Å²) < 4.78 is 10.7. The van der Waals surface area contributed by atoms with Crippen molar-refractivity contribution >= 4 is 12.0 Å². The molecule has 130 valence electrons.